The smallest absolute Gasteiger partial charge is 0.408 e. The number of nitrogens with zero attached hydrogens (tertiary/aromatic N) is 5. The molecule has 4 N–H and O–H groups in total. The van der Waals surface area contributed by atoms with Gasteiger partial charge >= 0.3 is 24.5 Å². The van der Waals surface area contributed by atoms with Crippen molar-refractivity contribution in [3.8, 4) is 33.6 Å². The molecule has 8 aromatic rings. The maximum Gasteiger partial charge on any atom is 0.408 e. The molecule has 0 saturated heterocycles. The summed E-state index contributed by atoms with van der Waals surface area (Å²) in [5.41, 5.74) is 9.36. The summed E-state index contributed by atoms with van der Waals surface area (Å²) >= 11 is 12.0. The van der Waals surface area contributed by atoms with Gasteiger partial charge in [-0.3, -0.25) is 33.1 Å². The number of benzene rings is 4. The van der Waals surface area contributed by atoms with Crippen LogP contribution in [-0.4, -0.2) is 113 Å². The Morgan fingerprint density at radius 1 is 0.648 bits per heavy atom. The van der Waals surface area contributed by atoms with E-state index in [1.54, 1.807) is 92.0 Å². The van der Waals surface area contributed by atoms with Crippen LogP contribution in [0.2, 0.25) is 0 Å². The first-order valence-corrected chi connectivity index (χ1v) is 30.6. The maximum atomic E-state index is 13.7. The SMILES string of the molecule is CC(C)(C)OC(=O)NCC(=O)C=[N+]=[N-].CC(C)(C)OC(=O)NCC(=O)CBr.CC(C)(C)OC(=O)NCC(=O)CSc1nc2scc(-c3ccc(F)cc3)c2c(=O)n1-c1ccc(F)cc1.O=c1c2c(-c3ccccc3)csc2[nH]c(=S)n1-c1cccc(F)c1. The second kappa shape index (κ2) is 32.0. The highest BCUT2D eigenvalue weighted by atomic mass is 79.9. The van der Waals surface area contributed by atoms with Crippen LogP contribution in [0.3, 0.4) is 0 Å². The van der Waals surface area contributed by atoms with Crippen molar-refractivity contribution in [2.45, 2.75) is 84.3 Å². The van der Waals surface area contributed by atoms with Crippen LogP contribution in [0.1, 0.15) is 62.3 Å². The number of thioether (sulfide) groups is 1. The molecule has 4 heterocycles. The van der Waals surface area contributed by atoms with Gasteiger partial charge < -0.3 is 40.7 Å². The number of ether oxygens (including phenoxy) is 3. The van der Waals surface area contributed by atoms with Gasteiger partial charge in [0, 0.05) is 21.9 Å². The van der Waals surface area contributed by atoms with E-state index in [-0.39, 0.29) is 57.8 Å². The van der Waals surface area contributed by atoms with Gasteiger partial charge in [0.2, 0.25) is 0 Å². The molecule has 4 aromatic heterocycles. The number of H-pyrrole nitrogens is 1. The van der Waals surface area contributed by atoms with Crippen LogP contribution in [0.4, 0.5) is 27.6 Å². The van der Waals surface area contributed by atoms with Crippen molar-refractivity contribution in [2.24, 2.45) is 0 Å². The molecular formula is C60H61BrF3N9O11S4. The number of hydrogen-bond acceptors (Lipinski definition) is 16. The Morgan fingerprint density at radius 3 is 1.68 bits per heavy atom. The van der Waals surface area contributed by atoms with Gasteiger partial charge in [-0.15, -0.1) is 22.7 Å². The van der Waals surface area contributed by atoms with Gasteiger partial charge in [-0.1, -0.05) is 76.2 Å². The van der Waals surface area contributed by atoms with Crippen LogP contribution in [0.5, 0.6) is 0 Å². The van der Waals surface area contributed by atoms with Crippen LogP contribution >= 0.6 is 62.6 Å². The molecule has 4 aromatic carbocycles. The van der Waals surface area contributed by atoms with Crippen molar-refractivity contribution in [1.82, 2.24) is 35.1 Å². The molecule has 0 aliphatic rings. The predicted molar refractivity (Wildman–Crippen MR) is 341 cm³/mol. The molecule has 0 spiro atoms. The summed E-state index contributed by atoms with van der Waals surface area (Å²) in [6.45, 7) is 15.1. The summed E-state index contributed by atoms with van der Waals surface area (Å²) < 4.78 is 58.4. The topological polar surface area (TPSA) is 275 Å². The fraction of sp³-hybridized carbons (Fsp3) is 0.283. The number of amides is 3. The summed E-state index contributed by atoms with van der Waals surface area (Å²) in [7, 11) is 0. The van der Waals surface area contributed by atoms with E-state index in [0.717, 1.165) is 27.7 Å². The Balaban J connectivity index is 0.000000236. The van der Waals surface area contributed by atoms with Crippen LogP contribution < -0.4 is 27.1 Å². The van der Waals surface area contributed by atoms with E-state index in [1.165, 1.54) is 80.3 Å². The molecule has 3 amide bonds. The maximum absolute atomic E-state index is 13.7. The lowest BCUT2D eigenvalue weighted by Gasteiger charge is -2.19. The predicted octanol–water partition coefficient (Wildman–Crippen LogP) is 12.4. The van der Waals surface area contributed by atoms with Gasteiger partial charge in [-0.05, 0) is 140 Å². The number of aromatic nitrogens is 4. The number of carbonyl (C=O) groups is 6. The average Bonchev–Trinajstić information content (AvgIpc) is 2.05. The van der Waals surface area contributed by atoms with E-state index in [1.807, 2.05) is 35.7 Å². The molecule has 20 nitrogen and oxygen atoms in total. The summed E-state index contributed by atoms with van der Waals surface area (Å²) in [5, 5.41) is 12.1. The number of nitrogens with one attached hydrogen (secondary N) is 4. The summed E-state index contributed by atoms with van der Waals surface area (Å²) in [6, 6.07) is 26.7. The zero-order chi connectivity index (χ0) is 65.1. The standard InChI is InChI=1S/C26H23F2N3O4S2.C18H11FN2OS2.C8H14BrNO3.C8H13N3O3/c1-26(2,3)35-25(34)29-12-19(32)13-37-24-30-22-21(20(14-36-22)15-4-6-16(27)7-5-15)23(33)31(24)18-10-8-17(28)9-11-18;19-12-7-4-8-13(9-12)21-17(22)15-14(11-5-2-1-3-6-11)10-24-16(15)20-18(21)23;1-8(2,3)13-7(12)10-5-6(11)4-9;1-8(2,3)14-7(13)10-4-6(12)5-11-9/h4-11,14H,12-13H2,1-3H3,(H,29,34);1-10H,(H,20,23);4-5H2,1-3H3,(H,10,12);5H,4H2,1-3H3,(H,10,13). The summed E-state index contributed by atoms with van der Waals surface area (Å²) in [4.78, 5) is 106. The normalized spacial score (nSPS) is 11.0. The Hall–Kier alpha value is -8.40. The quantitative estimate of drug-likeness (QED) is 0.0109. The minimum Gasteiger partial charge on any atom is -0.444 e. The number of aromatic amines is 1. The first kappa shape index (κ1) is 70.4. The summed E-state index contributed by atoms with van der Waals surface area (Å²) in [5.74, 6) is -2.27. The van der Waals surface area contributed by atoms with E-state index >= 15 is 0 Å². The van der Waals surface area contributed by atoms with E-state index in [2.05, 4.69) is 46.6 Å². The molecule has 8 rings (SSSR count). The van der Waals surface area contributed by atoms with Gasteiger partial charge in [0.25, 0.3) is 16.9 Å². The van der Waals surface area contributed by atoms with Crippen molar-refractivity contribution in [3.63, 3.8) is 0 Å². The Morgan fingerprint density at radius 2 is 1.15 bits per heavy atom. The number of alkyl carbamates (subject to hydrolysis) is 3. The van der Waals surface area contributed by atoms with Gasteiger partial charge in [0.05, 0.1) is 52.9 Å². The van der Waals surface area contributed by atoms with Gasteiger partial charge in [-0.2, -0.15) is 4.79 Å². The third kappa shape index (κ3) is 22.1. The molecule has 0 aliphatic carbocycles. The molecule has 0 bridgehead atoms. The van der Waals surface area contributed by atoms with E-state index < -0.39 is 63.9 Å². The molecule has 0 fully saturated rings. The third-order valence-corrected chi connectivity index (χ3v) is 14.5. The average molecular weight is 1350 g/mol. The lowest BCUT2D eigenvalue weighted by Crippen LogP contribution is -2.36. The second-order valence-corrected chi connectivity index (χ2v) is 25.0. The van der Waals surface area contributed by atoms with E-state index in [4.69, 9.17) is 32.0 Å². The Labute approximate surface area is 528 Å². The largest absolute Gasteiger partial charge is 0.444 e. The molecule has 464 valence electrons. The van der Waals surface area contributed by atoms with Crippen molar-refractivity contribution < 1.29 is 60.9 Å². The number of Topliss-reactive ketones (excluding diaryl/α,β-unsaturated/α-hetero) is 3. The lowest BCUT2D eigenvalue weighted by molar-refractivity contribution is -0.116. The third-order valence-electron chi connectivity index (χ3n) is 10.8. The Kier molecular flexibility index (Phi) is 25.6. The van der Waals surface area contributed by atoms with Crippen molar-refractivity contribution in [3.05, 3.63) is 162 Å². The van der Waals surface area contributed by atoms with Crippen LogP contribution in [0, 0.1) is 22.2 Å². The number of fused-ring (bicyclic) bond motifs is 2. The highest BCUT2D eigenvalue weighted by Gasteiger charge is 2.23. The molecule has 0 atom stereocenters. The van der Waals surface area contributed by atoms with Crippen molar-refractivity contribution in [2.75, 3.05) is 30.7 Å². The van der Waals surface area contributed by atoms with Crippen LogP contribution in [0.15, 0.2) is 129 Å². The highest BCUT2D eigenvalue weighted by Crippen LogP contribution is 2.34. The number of hydrogen-bond donors (Lipinski definition) is 4. The van der Waals surface area contributed by atoms with E-state index in [9.17, 15) is 51.5 Å². The first-order valence-electron chi connectivity index (χ1n) is 26.3. The first-order chi connectivity index (χ1) is 41.4. The van der Waals surface area contributed by atoms with Crippen molar-refractivity contribution in [1.29, 1.82) is 0 Å². The molecule has 0 radical (unpaired) electrons. The molecule has 28 heteroatoms. The lowest BCUT2D eigenvalue weighted by atomic mass is 10.1. The molecule has 0 saturated carbocycles. The highest BCUT2D eigenvalue weighted by molar-refractivity contribution is 9.09. The Bertz CT molecular complexity index is 4040. The second-order valence-electron chi connectivity index (χ2n) is 21.4. The number of carbonyl (C=O) groups excluding carboxylic acids is 6. The molecule has 0 unspecified atom stereocenters. The van der Waals surface area contributed by atoms with Crippen molar-refractivity contribution >= 4 is 125 Å². The molecule has 88 heavy (non-hydrogen) atoms. The molecule has 0 aliphatic heterocycles. The zero-order valence-electron chi connectivity index (χ0n) is 49.0. The number of ketones is 3. The van der Waals surface area contributed by atoms with Gasteiger partial charge in [-0.25, -0.2) is 32.5 Å². The van der Waals surface area contributed by atoms with Crippen LogP contribution in [-0.2, 0) is 28.6 Å². The van der Waals surface area contributed by atoms with Gasteiger partial charge in [0.15, 0.2) is 21.5 Å². The monoisotopic (exact) mass is 1350 g/mol. The number of alkyl halides is 1. The van der Waals surface area contributed by atoms with Gasteiger partial charge in [0.1, 0.15) is 43.9 Å². The van der Waals surface area contributed by atoms with Crippen LogP contribution in [0.25, 0.3) is 59.6 Å². The number of halogens is 4. The number of rotatable bonds is 15. The minimum absolute atomic E-state index is 0.000162. The van der Waals surface area contributed by atoms with E-state index in [0.29, 0.717) is 44.3 Å². The minimum atomic E-state index is -0.708. The zero-order valence-corrected chi connectivity index (χ0v) is 53.8. The fourth-order valence-electron chi connectivity index (χ4n) is 7.22. The fourth-order valence-corrected chi connectivity index (χ4v) is 10.6. The molecular weight excluding hydrogens is 1290 g/mol. The summed E-state index contributed by atoms with van der Waals surface area (Å²) in [6.07, 6.45) is -1.25. The number of thiophene rings is 2.